The minimum atomic E-state index is -0.0532. The number of aryl methyl sites for hydroxylation is 2. The van der Waals surface area contributed by atoms with Crippen molar-refractivity contribution in [3.8, 4) is 0 Å². The Morgan fingerprint density at radius 1 is 1.43 bits per heavy atom. The SMILES string of the molecule is C=CC(=O)N1CCC(C(=O)NCc2nc(C)c(C)s2)CC1. The molecule has 0 aromatic carbocycles. The van der Waals surface area contributed by atoms with E-state index in [-0.39, 0.29) is 17.7 Å². The minimum Gasteiger partial charge on any atom is -0.349 e. The predicted octanol–water partition coefficient (Wildman–Crippen LogP) is 1.80. The van der Waals surface area contributed by atoms with Crippen molar-refractivity contribution >= 4 is 23.2 Å². The van der Waals surface area contributed by atoms with Crippen LogP contribution in [0.5, 0.6) is 0 Å². The van der Waals surface area contributed by atoms with Crippen molar-refractivity contribution in [2.24, 2.45) is 5.92 Å². The highest BCUT2D eigenvalue weighted by atomic mass is 32.1. The highest BCUT2D eigenvalue weighted by molar-refractivity contribution is 7.11. The monoisotopic (exact) mass is 307 g/mol. The number of rotatable bonds is 4. The Labute approximate surface area is 129 Å². The van der Waals surface area contributed by atoms with E-state index in [4.69, 9.17) is 0 Å². The standard InChI is InChI=1S/C15H21N3O2S/c1-4-14(19)18-7-5-12(6-8-18)15(20)16-9-13-17-10(2)11(3)21-13/h4,12H,1,5-9H2,2-3H3,(H,16,20). The molecule has 2 amide bonds. The van der Waals surface area contributed by atoms with Crippen LogP contribution >= 0.6 is 11.3 Å². The van der Waals surface area contributed by atoms with Crippen molar-refractivity contribution in [1.29, 1.82) is 0 Å². The number of hydrogen-bond donors (Lipinski definition) is 1. The third-order valence-corrected chi connectivity index (χ3v) is 4.91. The van der Waals surface area contributed by atoms with Crippen LogP contribution in [0.25, 0.3) is 0 Å². The molecule has 0 unspecified atom stereocenters. The lowest BCUT2D eigenvalue weighted by Gasteiger charge is -2.30. The summed E-state index contributed by atoms with van der Waals surface area (Å²) in [5.74, 6) is -0.00479. The van der Waals surface area contributed by atoms with Gasteiger partial charge in [-0.25, -0.2) is 4.98 Å². The Morgan fingerprint density at radius 2 is 2.10 bits per heavy atom. The van der Waals surface area contributed by atoms with E-state index in [1.165, 1.54) is 11.0 Å². The summed E-state index contributed by atoms with van der Waals surface area (Å²) in [4.78, 5) is 31.0. The number of piperidine rings is 1. The van der Waals surface area contributed by atoms with Gasteiger partial charge in [0.1, 0.15) is 5.01 Å². The lowest BCUT2D eigenvalue weighted by atomic mass is 9.96. The van der Waals surface area contributed by atoms with Gasteiger partial charge in [-0.1, -0.05) is 6.58 Å². The van der Waals surface area contributed by atoms with E-state index in [1.807, 2.05) is 13.8 Å². The lowest BCUT2D eigenvalue weighted by molar-refractivity contribution is -0.132. The van der Waals surface area contributed by atoms with E-state index >= 15 is 0 Å². The fourth-order valence-corrected chi connectivity index (χ4v) is 3.29. The fourth-order valence-electron chi connectivity index (χ4n) is 2.41. The number of thiazole rings is 1. The van der Waals surface area contributed by atoms with Crippen molar-refractivity contribution < 1.29 is 9.59 Å². The van der Waals surface area contributed by atoms with Crippen molar-refractivity contribution in [3.63, 3.8) is 0 Å². The number of likely N-dealkylation sites (tertiary alicyclic amines) is 1. The van der Waals surface area contributed by atoms with Crippen LogP contribution in [0.2, 0.25) is 0 Å². The highest BCUT2D eigenvalue weighted by Gasteiger charge is 2.26. The molecule has 1 saturated heterocycles. The zero-order chi connectivity index (χ0) is 15.4. The first-order valence-corrected chi connectivity index (χ1v) is 7.95. The van der Waals surface area contributed by atoms with Crippen molar-refractivity contribution in [3.05, 3.63) is 28.2 Å². The van der Waals surface area contributed by atoms with Gasteiger partial charge in [0.05, 0.1) is 12.2 Å². The molecule has 0 aliphatic carbocycles. The number of nitrogens with one attached hydrogen (secondary N) is 1. The molecule has 0 bridgehead atoms. The first-order chi connectivity index (χ1) is 10.0. The molecule has 114 valence electrons. The Bertz CT molecular complexity index is 526. The topological polar surface area (TPSA) is 62.3 Å². The van der Waals surface area contributed by atoms with Gasteiger partial charge in [-0.15, -0.1) is 11.3 Å². The second kappa shape index (κ2) is 6.85. The Morgan fingerprint density at radius 3 is 2.62 bits per heavy atom. The molecule has 0 atom stereocenters. The molecule has 0 radical (unpaired) electrons. The molecule has 1 fully saturated rings. The largest absolute Gasteiger partial charge is 0.349 e. The zero-order valence-corrected chi connectivity index (χ0v) is 13.3. The molecule has 21 heavy (non-hydrogen) atoms. The van der Waals surface area contributed by atoms with Crippen LogP contribution in [0, 0.1) is 19.8 Å². The Balaban J connectivity index is 1.79. The number of amides is 2. The lowest BCUT2D eigenvalue weighted by Crippen LogP contribution is -2.42. The van der Waals surface area contributed by atoms with E-state index in [0.717, 1.165) is 10.7 Å². The summed E-state index contributed by atoms with van der Waals surface area (Å²) in [6, 6.07) is 0. The molecule has 5 nitrogen and oxygen atoms in total. The van der Waals surface area contributed by atoms with Gasteiger partial charge in [0.25, 0.3) is 0 Å². The molecule has 1 N–H and O–H groups in total. The summed E-state index contributed by atoms with van der Waals surface area (Å²) < 4.78 is 0. The Kier molecular flexibility index (Phi) is 5.12. The molecule has 2 rings (SSSR count). The van der Waals surface area contributed by atoms with Crippen LogP contribution in [-0.2, 0) is 16.1 Å². The molecular weight excluding hydrogens is 286 g/mol. The quantitative estimate of drug-likeness (QED) is 0.863. The molecule has 6 heteroatoms. The maximum Gasteiger partial charge on any atom is 0.245 e. The number of aromatic nitrogens is 1. The van der Waals surface area contributed by atoms with E-state index in [9.17, 15) is 9.59 Å². The molecule has 1 aliphatic rings. The van der Waals surface area contributed by atoms with Crippen molar-refractivity contribution in [2.75, 3.05) is 13.1 Å². The average Bonchev–Trinajstić information content (AvgIpc) is 2.82. The first-order valence-electron chi connectivity index (χ1n) is 7.13. The van der Waals surface area contributed by atoms with Gasteiger partial charge < -0.3 is 10.2 Å². The summed E-state index contributed by atoms with van der Waals surface area (Å²) in [6.45, 7) is 9.23. The van der Waals surface area contributed by atoms with E-state index in [0.29, 0.717) is 32.5 Å². The van der Waals surface area contributed by atoms with Crippen molar-refractivity contribution in [2.45, 2.75) is 33.2 Å². The van der Waals surface area contributed by atoms with Gasteiger partial charge in [-0.3, -0.25) is 9.59 Å². The third-order valence-electron chi connectivity index (χ3n) is 3.84. The van der Waals surface area contributed by atoms with Gasteiger partial charge in [-0.05, 0) is 32.8 Å². The van der Waals surface area contributed by atoms with E-state index in [1.54, 1.807) is 16.2 Å². The first kappa shape index (κ1) is 15.7. The number of nitrogens with zero attached hydrogens (tertiary/aromatic N) is 2. The van der Waals surface area contributed by atoms with Gasteiger partial charge in [0.15, 0.2) is 0 Å². The van der Waals surface area contributed by atoms with Crippen LogP contribution in [0.4, 0.5) is 0 Å². The number of carbonyl (C=O) groups excluding carboxylic acids is 2. The predicted molar refractivity (Wildman–Crippen MR) is 82.9 cm³/mol. The maximum absolute atomic E-state index is 12.2. The minimum absolute atomic E-state index is 0.0129. The Hall–Kier alpha value is -1.69. The maximum atomic E-state index is 12.2. The van der Waals surface area contributed by atoms with E-state index in [2.05, 4.69) is 16.9 Å². The van der Waals surface area contributed by atoms with Crippen LogP contribution in [0.3, 0.4) is 0 Å². The molecule has 2 heterocycles. The van der Waals surface area contributed by atoms with Crippen LogP contribution in [-0.4, -0.2) is 34.8 Å². The smallest absolute Gasteiger partial charge is 0.245 e. The second-order valence-electron chi connectivity index (χ2n) is 5.27. The number of hydrogen-bond acceptors (Lipinski definition) is 4. The molecule has 0 saturated carbocycles. The summed E-state index contributed by atoms with van der Waals surface area (Å²) in [5.41, 5.74) is 1.03. The molecule has 1 aliphatic heterocycles. The average molecular weight is 307 g/mol. The van der Waals surface area contributed by atoms with Gasteiger partial charge in [0, 0.05) is 23.9 Å². The van der Waals surface area contributed by atoms with Crippen molar-refractivity contribution in [1.82, 2.24) is 15.2 Å². The fraction of sp³-hybridized carbons (Fsp3) is 0.533. The molecule has 0 spiro atoms. The van der Waals surface area contributed by atoms with Crippen LogP contribution < -0.4 is 5.32 Å². The summed E-state index contributed by atoms with van der Waals surface area (Å²) >= 11 is 1.62. The number of carbonyl (C=O) groups is 2. The van der Waals surface area contributed by atoms with Crippen LogP contribution in [0.15, 0.2) is 12.7 Å². The molecule has 1 aromatic heterocycles. The summed E-state index contributed by atoms with van der Waals surface area (Å²) in [7, 11) is 0. The van der Waals surface area contributed by atoms with Gasteiger partial charge in [-0.2, -0.15) is 0 Å². The zero-order valence-electron chi connectivity index (χ0n) is 12.5. The third kappa shape index (κ3) is 3.91. The summed E-state index contributed by atoms with van der Waals surface area (Å²) in [6.07, 6.45) is 2.75. The van der Waals surface area contributed by atoms with E-state index < -0.39 is 0 Å². The van der Waals surface area contributed by atoms with Gasteiger partial charge >= 0.3 is 0 Å². The van der Waals surface area contributed by atoms with Crippen LogP contribution in [0.1, 0.15) is 28.4 Å². The van der Waals surface area contributed by atoms with Gasteiger partial charge in [0.2, 0.25) is 11.8 Å². The summed E-state index contributed by atoms with van der Waals surface area (Å²) in [5, 5.41) is 3.89. The highest BCUT2D eigenvalue weighted by Crippen LogP contribution is 2.19. The normalized spacial score (nSPS) is 15.8. The molecule has 1 aromatic rings. The molecular formula is C15H21N3O2S. The second-order valence-corrected chi connectivity index (χ2v) is 6.56.